The van der Waals surface area contributed by atoms with Crippen LogP contribution in [-0.4, -0.2) is 0 Å². The summed E-state index contributed by atoms with van der Waals surface area (Å²) in [5.74, 6) is 0. The molecule has 0 amide bonds. The topological polar surface area (TPSA) is 0 Å². The minimum Gasteiger partial charge on any atom is -0.103 e. The summed E-state index contributed by atoms with van der Waals surface area (Å²) in [5.41, 5.74) is 1.57. The van der Waals surface area contributed by atoms with E-state index in [0.717, 1.165) is 6.42 Å². The zero-order valence-corrected chi connectivity index (χ0v) is 7.19. The van der Waals surface area contributed by atoms with E-state index in [1.54, 1.807) is 5.57 Å². The minimum absolute atomic E-state index is 1.03. The van der Waals surface area contributed by atoms with Gasteiger partial charge in [-0.1, -0.05) is 38.0 Å². The Kier molecular flexibility index (Phi) is 6.25. The lowest BCUT2D eigenvalue weighted by Gasteiger charge is -1.99. The lowest BCUT2D eigenvalue weighted by atomic mass is 10.1. The molecule has 0 fully saturated rings. The summed E-state index contributed by atoms with van der Waals surface area (Å²) in [6.45, 7) is 8.12. The van der Waals surface area contributed by atoms with E-state index >= 15 is 0 Å². The van der Waals surface area contributed by atoms with Crippen LogP contribution in [0.4, 0.5) is 0 Å². The summed E-state index contributed by atoms with van der Waals surface area (Å²) in [5, 5.41) is 0. The second kappa shape index (κ2) is 6.60. The molecule has 0 aromatic carbocycles. The van der Waals surface area contributed by atoms with Crippen LogP contribution in [-0.2, 0) is 0 Å². The molecule has 0 rings (SSSR count). The van der Waals surface area contributed by atoms with Crippen molar-refractivity contribution in [2.75, 3.05) is 0 Å². The van der Waals surface area contributed by atoms with Crippen molar-refractivity contribution in [1.29, 1.82) is 0 Å². The van der Waals surface area contributed by atoms with Gasteiger partial charge in [-0.2, -0.15) is 0 Å². The first-order valence-corrected chi connectivity index (χ1v) is 4.13. The molecule has 0 aliphatic carbocycles. The van der Waals surface area contributed by atoms with Crippen LogP contribution in [0.2, 0.25) is 0 Å². The van der Waals surface area contributed by atoms with E-state index in [1.807, 2.05) is 6.08 Å². The molecule has 0 heteroatoms. The van der Waals surface area contributed by atoms with Crippen molar-refractivity contribution in [3.05, 3.63) is 24.3 Å². The van der Waals surface area contributed by atoms with Gasteiger partial charge in [0, 0.05) is 0 Å². The third kappa shape index (κ3) is 4.37. The highest BCUT2D eigenvalue weighted by molar-refractivity contribution is 5.03. The maximum absolute atomic E-state index is 3.68. The van der Waals surface area contributed by atoms with Crippen molar-refractivity contribution in [1.82, 2.24) is 0 Å². The first kappa shape index (κ1) is 9.48. The standard InChI is InChI=1S/C10H18/c1-4-7-9-10(6-3)8-5-2/h4,9H,1,5-8H2,2-3H3. The largest absolute Gasteiger partial charge is 0.103 e. The van der Waals surface area contributed by atoms with Crippen LogP contribution >= 0.6 is 0 Å². The van der Waals surface area contributed by atoms with E-state index in [0.29, 0.717) is 0 Å². The van der Waals surface area contributed by atoms with Crippen LogP contribution in [0.3, 0.4) is 0 Å². The molecule has 58 valence electrons. The fourth-order valence-electron chi connectivity index (χ4n) is 0.994. The van der Waals surface area contributed by atoms with Crippen LogP contribution in [0.15, 0.2) is 24.3 Å². The molecule has 0 saturated heterocycles. The Hall–Kier alpha value is -0.520. The molecule has 0 atom stereocenters. The maximum atomic E-state index is 3.68. The SMILES string of the molecule is C=CCC=C(CC)CCC. The Morgan fingerprint density at radius 3 is 2.50 bits per heavy atom. The Balaban J connectivity index is 3.65. The molecule has 0 saturated carbocycles. The number of allylic oxidation sites excluding steroid dienone is 3. The number of hydrogen-bond acceptors (Lipinski definition) is 0. The Morgan fingerprint density at radius 2 is 2.10 bits per heavy atom. The molecular formula is C10H18. The molecule has 0 aromatic rings. The Labute approximate surface area is 64.6 Å². The van der Waals surface area contributed by atoms with Gasteiger partial charge >= 0.3 is 0 Å². The normalized spacial score (nSPS) is 11.6. The zero-order chi connectivity index (χ0) is 7.82. The van der Waals surface area contributed by atoms with Gasteiger partial charge in [0.15, 0.2) is 0 Å². The molecular weight excluding hydrogens is 120 g/mol. The van der Waals surface area contributed by atoms with E-state index in [1.165, 1.54) is 19.3 Å². The lowest BCUT2D eigenvalue weighted by molar-refractivity contribution is 0.852. The minimum atomic E-state index is 1.03. The average Bonchev–Trinajstić information content (AvgIpc) is 1.98. The third-order valence-electron chi connectivity index (χ3n) is 1.60. The van der Waals surface area contributed by atoms with Crippen molar-refractivity contribution in [2.24, 2.45) is 0 Å². The van der Waals surface area contributed by atoms with E-state index < -0.39 is 0 Å². The molecule has 0 N–H and O–H groups in total. The Bertz CT molecular complexity index is 109. The molecule has 0 heterocycles. The predicted octanol–water partition coefficient (Wildman–Crippen LogP) is 3.70. The van der Waals surface area contributed by atoms with Crippen molar-refractivity contribution in [2.45, 2.75) is 39.5 Å². The van der Waals surface area contributed by atoms with Crippen molar-refractivity contribution >= 4 is 0 Å². The zero-order valence-electron chi connectivity index (χ0n) is 7.19. The Morgan fingerprint density at radius 1 is 1.40 bits per heavy atom. The molecule has 0 nitrogen and oxygen atoms in total. The van der Waals surface area contributed by atoms with Crippen molar-refractivity contribution in [3.63, 3.8) is 0 Å². The number of rotatable bonds is 5. The van der Waals surface area contributed by atoms with Gasteiger partial charge in [-0.15, -0.1) is 6.58 Å². The molecule has 0 unspecified atom stereocenters. The van der Waals surface area contributed by atoms with E-state index in [9.17, 15) is 0 Å². The molecule has 10 heavy (non-hydrogen) atoms. The second-order valence-electron chi connectivity index (χ2n) is 2.49. The molecule has 0 spiro atoms. The first-order valence-electron chi connectivity index (χ1n) is 4.13. The summed E-state index contributed by atoms with van der Waals surface area (Å²) >= 11 is 0. The molecule has 0 bridgehead atoms. The van der Waals surface area contributed by atoms with Crippen LogP contribution in [0.5, 0.6) is 0 Å². The van der Waals surface area contributed by atoms with Gasteiger partial charge in [-0.05, 0) is 19.3 Å². The molecule has 0 radical (unpaired) electrons. The van der Waals surface area contributed by atoms with E-state index in [-0.39, 0.29) is 0 Å². The molecule has 0 aliphatic rings. The van der Waals surface area contributed by atoms with Gasteiger partial charge in [0.2, 0.25) is 0 Å². The van der Waals surface area contributed by atoms with Gasteiger partial charge in [-0.25, -0.2) is 0 Å². The first-order chi connectivity index (χ1) is 4.85. The van der Waals surface area contributed by atoms with Crippen LogP contribution in [0.1, 0.15) is 39.5 Å². The second-order valence-corrected chi connectivity index (χ2v) is 2.49. The van der Waals surface area contributed by atoms with E-state index in [4.69, 9.17) is 0 Å². The van der Waals surface area contributed by atoms with Crippen molar-refractivity contribution in [3.8, 4) is 0 Å². The highest BCUT2D eigenvalue weighted by Crippen LogP contribution is 2.09. The summed E-state index contributed by atoms with van der Waals surface area (Å²) < 4.78 is 0. The smallest absolute Gasteiger partial charge is 0.0169 e. The summed E-state index contributed by atoms with van der Waals surface area (Å²) in [4.78, 5) is 0. The highest BCUT2D eigenvalue weighted by Gasteiger charge is 1.89. The van der Waals surface area contributed by atoms with Gasteiger partial charge in [-0.3, -0.25) is 0 Å². The summed E-state index contributed by atoms with van der Waals surface area (Å²) in [6.07, 6.45) is 8.98. The van der Waals surface area contributed by atoms with Crippen LogP contribution in [0, 0.1) is 0 Å². The highest BCUT2D eigenvalue weighted by atomic mass is 14.0. The van der Waals surface area contributed by atoms with Gasteiger partial charge in [0.05, 0.1) is 0 Å². The monoisotopic (exact) mass is 138 g/mol. The van der Waals surface area contributed by atoms with Crippen molar-refractivity contribution < 1.29 is 0 Å². The molecule has 0 aliphatic heterocycles. The fourth-order valence-corrected chi connectivity index (χ4v) is 0.994. The van der Waals surface area contributed by atoms with Gasteiger partial charge in [0.1, 0.15) is 0 Å². The van der Waals surface area contributed by atoms with Gasteiger partial charge in [0.25, 0.3) is 0 Å². The summed E-state index contributed by atoms with van der Waals surface area (Å²) in [6, 6.07) is 0. The van der Waals surface area contributed by atoms with Crippen LogP contribution in [0.25, 0.3) is 0 Å². The average molecular weight is 138 g/mol. The number of hydrogen-bond donors (Lipinski definition) is 0. The maximum Gasteiger partial charge on any atom is -0.0169 e. The van der Waals surface area contributed by atoms with Crippen LogP contribution < -0.4 is 0 Å². The van der Waals surface area contributed by atoms with E-state index in [2.05, 4.69) is 26.5 Å². The third-order valence-corrected chi connectivity index (χ3v) is 1.60. The predicted molar refractivity (Wildman–Crippen MR) is 48.1 cm³/mol. The lowest BCUT2D eigenvalue weighted by Crippen LogP contribution is -1.79. The summed E-state index contributed by atoms with van der Waals surface area (Å²) in [7, 11) is 0. The molecule has 0 aromatic heterocycles. The van der Waals surface area contributed by atoms with Gasteiger partial charge < -0.3 is 0 Å². The fraction of sp³-hybridized carbons (Fsp3) is 0.600. The quantitative estimate of drug-likeness (QED) is 0.508.